The first-order chi connectivity index (χ1) is 13.6. The fraction of sp³-hybridized carbons (Fsp3) is 0.158. The Bertz CT molecular complexity index is 972. The van der Waals surface area contributed by atoms with Gasteiger partial charge < -0.3 is 19.9 Å². The van der Waals surface area contributed by atoms with E-state index in [0.717, 1.165) is 6.07 Å². The normalized spacial score (nSPS) is 10.4. The number of amides is 2. The van der Waals surface area contributed by atoms with Gasteiger partial charge in [-0.1, -0.05) is 11.2 Å². The summed E-state index contributed by atoms with van der Waals surface area (Å²) >= 11 is 0. The molecule has 0 aliphatic heterocycles. The Morgan fingerprint density at radius 2 is 1.79 bits per heavy atom. The maximum Gasteiger partial charge on any atom is 0.316 e. The van der Waals surface area contributed by atoms with Crippen LogP contribution in [0, 0.1) is 5.82 Å². The van der Waals surface area contributed by atoms with Crippen LogP contribution in [0.25, 0.3) is 11.4 Å². The van der Waals surface area contributed by atoms with Gasteiger partial charge in [0.1, 0.15) is 11.6 Å². The zero-order chi connectivity index (χ0) is 19.9. The molecule has 28 heavy (non-hydrogen) atoms. The Balaban J connectivity index is 1.48. The molecule has 8 nitrogen and oxygen atoms in total. The van der Waals surface area contributed by atoms with Gasteiger partial charge in [0.25, 0.3) is 5.91 Å². The highest BCUT2D eigenvalue weighted by Crippen LogP contribution is 2.19. The third-order valence-corrected chi connectivity index (χ3v) is 3.75. The lowest BCUT2D eigenvalue weighted by Crippen LogP contribution is -2.34. The van der Waals surface area contributed by atoms with Crippen LogP contribution >= 0.6 is 0 Å². The zero-order valence-corrected chi connectivity index (χ0v) is 14.9. The summed E-state index contributed by atoms with van der Waals surface area (Å²) < 4.78 is 23.1. The molecule has 0 aliphatic rings. The highest BCUT2D eigenvalue weighted by molar-refractivity contribution is 5.94. The Kier molecular flexibility index (Phi) is 5.95. The van der Waals surface area contributed by atoms with E-state index in [0.29, 0.717) is 11.3 Å². The van der Waals surface area contributed by atoms with Crippen LogP contribution in [0.5, 0.6) is 5.75 Å². The number of hydrogen-bond acceptors (Lipinski definition) is 6. The maximum absolute atomic E-state index is 13.1. The molecule has 2 amide bonds. The lowest BCUT2D eigenvalue weighted by molar-refractivity contribution is 0.0898. The molecule has 2 aromatic carbocycles. The van der Waals surface area contributed by atoms with E-state index in [-0.39, 0.29) is 30.4 Å². The SMILES string of the molecule is COc1ccc(-c2noc(C(=O)NCCNC(=O)c3cccc(F)c3)n2)cc1. The molecule has 0 aliphatic carbocycles. The van der Waals surface area contributed by atoms with Gasteiger partial charge in [-0.2, -0.15) is 4.98 Å². The lowest BCUT2D eigenvalue weighted by Gasteiger charge is -2.05. The van der Waals surface area contributed by atoms with Gasteiger partial charge in [-0.15, -0.1) is 0 Å². The minimum absolute atomic E-state index is 0.139. The van der Waals surface area contributed by atoms with Gasteiger partial charge in [-0.3, -0.25) is 9.59 Å². The third-order valence-electron chi connectivity index (χ3n) is 3.75. The van der Waals surface area contributed by atoms with E-state index in [1.165, 1.54) is 18.2 Å². The largest absolute Gasteiger partial charge is 0.497 e. The molecule has 0 saturated heterocycles. The van der Waals surface area contributed by atoms with Gasteiger partial charge in [-0.25, -0.2) is 4.39 Å². The van der Waals surface area contributed by atoms with Crippen LogP contribution in [0.2, 0.25) is 0 Å². The average molecular weight is 384 g/mol. The number of methoxy groups -OCH3 is 1. The van der Waals surface area contributed by atoms with E-state index in [9.17, 15) is 14.0 Å². The predicted molar refractivity (Wildman–Crippen MR) is 97.4 cm³/mol. The molecule has 0 unspecified atom stereocenters. The average Bonchev–Trinajstić information content (AvgIpc) is 3.21. The molecule has 3 rings (SSSR count). The molecule has 3 aromatic rings. The van der Waals surface area contributed by atoms with Crippen molar-refractivity contribution in [3.05, 3.63) is 65.8 Å². The Hall–Kier alpha value is -3.75. The van der Waals surface area contributed by atoms with E-state index < -0.39 is 17.6 Å². The van der Waals surface area contributed by atoms with Gasteiger partial charge >= 0.3 is 11.8 Å². The van der Waals surface area contributed by atoms with Gasteiger partial charge in [0.05, 0.1) is 7.11 Å². The van der Waals surface area contributed by atoms with Gasteiger partial charge in [0, 0.05) is 24.2 Å². The van der Waals surface area contributed by atoms with Crippen LogP contribution in [0.4, 0.5) is 4.39 Å². The number of halogens is 1. The summed E-state index contributed by atoms with van der Waals surface area (Å²) in [6.45, 7) is 0.292. The first-order valence-corrected chi connectivity index (χ1v) is 8.37. The van der Waals surface area contributed by atoms with Crippen LogP contribution < -0.4 is 15.4 Å². The first kappa shape index (κ1) is 19.0. The summed E-state index contributed by atoms with van der Waals surface area (Å²) in [7, 11) is 1.56. The van der Waals surface area contributed by atoms with Crippen molar-refractivity contribution in [1.82, 2.24) is 20.8 Å². The van der Waals surface area contributed by atoms with Crippen LogP contribution in [0.15, 0.2) is 53.1 Å². The van der Waals surface area contributed by atoms with Crippen LogP contribution in [0.1, 0.15) is 21.0 Å². The molecule has 0 spiro atoms. The lowest BCUT2D eigenvalue weighted by atomic mass is 10.2. The fourth-order valence-electron chi connectivity index (χ4n) is 2.33. The number of nitrogens with zero attached hydrogens (tertiary/aromatic N) is 2. The number of ether oxygens (including phenoxy) is 1. The maximum atomic E-state index is 13.1. The smallest absolute Gasteiger partial charge is 0.316 e. The van der Waals surface area contributed by atoms with Crippen LogP contribution in [-0.4, -0.2) is 42.2 Å². The molecule has 0 bridgehead atoms. The van der Waals surface area contributed by atoms with Crippen molar-refractivity contribution in [2.45, 2.75) is 0 Å². The Morgan fingerprint density at radius 3 is 2.46 bits per heavy atom. The van der Waals surface area contributed by atoms with Crippen molar-refractivity contribution < 1.29 is 23.2 Å². The van der Waals surface area contributed by atoms with E-state index in [4.69, 9.17) is 9.26 Å². The van der Waals surface area contributed by atoms with Gasteiger partial charge in [-0.05, 0) is 42.5 Å². The van der Waals surface area contributed by atoms with E-state index >= 15 is 0 Å². The standard InChI is InChI=1S/C19H17FN4O4/c1-27-15-7-5-12(6-8-15)16-23-19(28-24-16)18(26)22-10-9-21-17(25)13-3-2-4-14(20)11-13/h2-8,11H,9-10H2,1H3,(H,21,25)(H,22,26). The fourth-order valence-corrected chi connectivity index (χ4v) is 2.33. The van der Waals surface area contributed by atoms with E-state index in [1.807, 2.05) is 0 Å². The van der Waals surface area contributed by atoms with Crippen molar-refractivity contribution in [3.8, 4) is 17.1 Å². The van der Waals surface area contributed by atoms with Gasteiger partial charge in [0.2, 0.25) is 5.82 Å². The molecule has 0 atom stereocenters. The molecule has 1 aromatic heterocycles. The molecular weight excluding hydrogens is 367 g/mol. The summed E-state index contributed by atoms with van der Waals surface area (Å²) in [5.74, 6) is -0.731. The number of benzene rings is 2. The molecule has 0 radical (unpaired) electrons. The molecule has 1 heterocycles. The Labute approximate surface area is 159 Å². The Morgan fingerprint density at radius 1 is 1.07 bits per heavy atom. The topological polar surface area (TPSA) is 106 Å². The van der Waals surface area contributed by atoms with Crippen LogP contribution in [0.3, 0.4) is 0 Å². The second kappa shape index (κ2) is 8.76. The van der Waals surface area contributed by atoms with E-state index in [2.05, 4.69) is 20.8 Å². The minimum Gasteiger partial charge on any atom is -0.497 e. The molecule has 2 N–H and O–H groups in total. The summed E-state index contributed by atoms with van der Waals surface area (Å²) in [5, 5.41) is 8.91. The highest BCUT2D eigenvalue weighted by Gasteiger charge is 2.16. The van der Waals surface area contributed by atoms with E-state index in [1.54, 1.807) is 31.4 Å². The number of nitrogens with one attached hydrogen (secondary N) is 2. The summed E-state index contributed by atoms with van der Waals surface area (Å²) in [4.78, 5) is 28.0. The zero-order valence-electron chi connectivity index (χ0n) is 14.9. The number of hydrogen-bond donors (Lipinski definition) is 2. The number of rotatable bonds is 7. The molecule has 0 saturated carbocycles. The number of carbonyl (C=O) groups is 2. The van der Waals surface area contributed by atoms with Crippen molar-refractivity contribution in [3.63, 3.8) is 0 Å². The van der Waals surface area contributed by atoms with Crippen LogP contribution in [-0.2, 0) is 0 Å². The molecule has 9 heteroatoms. The quantitative estimate of drug-likeness (QED) is 0.604. The van der Waals surface area contributed by atoms with Crippen molar-refractivity contribution in [2.75, 3.05) is 20.2 Å². The van der Waals surface area contributed by atoms with Crippen molar-refractivity contribution in [1.29, 1.82) is 0 Å². The molecule has 144 valence electrons. The predicted octanol–water partition coefficient (Wildman–Crippen LogP) is 2.04. The van der Waals surface area contributed by atoms with Crippen molar-refractivity contribution >= 4 is 11.8 Å². The third kappa shape index (κ3) is 4.70. The van der Waals surface area contributed by atoms with Crippen molar-refractivity contribution in [2.24, 2.45) is 0 Å². The highest BCUT2D eigenvalue weighted by atomic mass is 19.1. The monoisotopic (exact) mass is 384 g/mol. The summed E-state index contributed by atoms with van der Waals surface area (Å²) in [5.41, 5.74) is 0.873. The summed E-state index contributed by atoms with van der Waals surface area (Å²) in [6, 6.07) is 12.3. The number of carbonyl (C=O) groups excluding carboxylic acids is 2. The van der Waals surface area contributed by atoms with Gasteiger partial charge in [0.15, 0.2) is 0 Å². The second-order valence-corrected chi connectivity index (χ2v) is 5.67. The molecular formula is C19H17FN4O4. The second-order valence-electron chi connectivity index (χ2n) is 5.67. The first-order valence-electron chi connectivity index (χ1n) is 8.37. The number of aromatic nitrogens is 2. The molecule has 0 fully saturated rings. The summed E-state index contributed by atoms with van der Waals surface area (Å²) in [6.07, 6.45) is 0. The minimum atomic E-state index is -0.563.